The molecule has 1 aromatic rings. The molecule has 0 aliphatic heterocycles. The molecule has 0 spiro atoms. The Morgan fingerprint density at radius 1 is 1.47 bits per heavy atom. The van der Waals surface area contributed by atoms with E-state index in [1.807, 2.05) is 6.92 Å². The van der Waals surface area contributed by atoms with Crippen molar-refractivity contribution in [2.75, 3.05) is 0 Å². The van der Waals surface area contributed by atoms with Gasteiger partial charge in [0.05, 0.1) is 0 Å². The van der Waals surface area contributed by atoms with Crippen LogP contribution in [0.15, 0.2) is 18.2 Å². The Morgan fingerprint density at radius 3 is 2.74 bits per heavy atom. The van der Waals surface area contributed by atoms with Crippen molar-refractivity contribution in [3.05, 3.63) is 29.3 Å². The highest BCUT2D eigenvalue weighted by molar-refractivity contribution is 5.74. The van der Waals surface area contributed by atoms with E-state index < -0.39 is 12.5 Å². The van der Waals surface area contributed by atoms with Crippen LogP contribution in [0.1, 0.15) is 24.5 Å². The summed E-state index contributed by atoms with van der Waals surface area (Å²) in [6.45, 7) is 1.14. The average Bonchev–Trinajstić information content (AvgIpc) is 2.28. The molecule has 1 rings (SSSR count). The molecule has 0 unspecified atom stereocenters. The maximum Gasteiger partial charge on any atom is 0.387 e. The normalized spacial score (nSPS) is 12.5. The number of halogens is 2. The fraction of sp³-hybridized carbons (Fsp3) is 0.462. The van der Waals surface area contributed by atoms with Crippen LogP contribution in [0.3, 0.4) is 0 Å². The monoisotopic (exact) mass is 272 g/mol. The quantitative estimate of drug-likeness (QED) is 0.797. The van der Waals surface area contributed by atoms with Crippen molar-refractivity contribution in [3.8, 4) is 5.75 Å². The summed E-state index contributed by atoms with van der Waals surface area (Å²) >= 11 is 0. The van der Waals surface area contributed by atoms with Crippen molar-refractivity contribution in [1.82, 2.24) is 5.32 Å². The Balaban J connectivity index is 2.70. The molecule has 0 saturated heterocycles. The molecular formula is C13H18F2N2O2. The van der Waals surface area contributed by atoms with Gasteiger partial charge in [-0.3, -0.25) is 4.79 Å². The lowest BCUT2D eigenvalue weighted by molar-refractivity contribution is -0.118. The van der Waals surface area contributed by atoms with Gasteiger partial charge in [0.15, 0.2) is 0 Å². The average molecular weight is 272 g/mol. The summed E-state index contributed by atoms with van der Waals surface area (Å²) in [6, 6.07) is 4.85. The second-order valence-electron chi connectivity index (χ2n) is 4.44. The van der Waals surface area contributed by atoms with Gasteiger partial charge in [-0.05, 0) is 19.9 Å². The number of rotatable bonds is 7. The number of aryl methyl sites for hydroxylation is 1. The van der Waals surface area contributed by atoms with Crippen molar-refractivity contribution >= 4 is 5.91 Å². The van der Waals surface area contributed by atoms with Crippen molar-refractivity contribution in [2.24, 2.45) is 5.73 Å². The summed E-state index contributed by atoms with van der Waals surface area (Å²) in [4.78, 5) is 10.7. The van der Waals surface area contributed by atoms with Crippen LogP contribution >= 0.6 is 0 Å². The summed E-state index contributed by atoms with van der Waals surface area (Å²) < 4.78 is 29.0. The zero-order valence-electron chi connectivity index (χ0n) is 11.0. The molecule has 0 heterocycles. The Bertz CT molecular complexity index is 439. The molecule has 0 bridgehead atoms. The Hall–Kier alpha value is -1.69. The summed E-state index contributed by atoms with van der Waals surface area (Å²) in [5.74, 6) is -0.271. The number of hydrogen-bond donors (Lipinski definition) is 2. The van der Waals surface area contributed by atoms with Gasteiger partial charge in [-0.25, -0.2) is 0 Å². The highest BCUT2D eigenvalue weighted by atomic mass is 19.3. The van der Waals surface area contributed by atoms with Gasteiger partial charge in [0.25, 0.3) is 0 Å². The second-order valence-corrected chi connectivity index (χ2v) is 4.44. The molecule has 0 aliphatic rings. The first-order valence-corrected chi connectivity index (χ1v) is 5.94. The fourth-order valence-electron chi connectivity index (χ4n) is 1.72. The number of carbonyl (C=O) groups is 1. The van der Waals surface area contributed by atoms with Crippen LogP contribution in [0.25, 0.3) is 0 Å². The molecule has 1 amide bonds. The largest absolute Gasteiger partial charge is 0.434 e. The number of ether oxygens (including phenoxy) is 1. The number of amides is 1. The minimum Gasteiger partial charge on any atom is -0.434 e. The lowest BCUT2D eigenvalue weighted by Crippen LogP contribution is -2.30. The van der Waals surface area contributed by atoms with E-state index in [4.69, 9.17) is 5.73 Å². The molecule has 4 nitrogen and oxygen atoms in total. The van der Waals surface area contributed by atoms with Crippen molar-refractivity contribution in [3.63, 3.8) is 0 Å². The van der Waals surface area contributed by atoms with Crippen LogP contribution in [-0.4, -0.2) is 18.6 Å². The first kappa shape index (κ1) is 15.4. The SMILES string of the molecule is Cc1ccc(OC(F)F)c(CN[C@H](C)CC(N)=O)c1. The van der Waals surface area contributed by atoms with Crippen LogP contribution in [0.5, 0.6) is 5.75 Å². The highest BCUT2D eigenvalue weighted by Crippen LogP contribution is 2.22. The Morgan fingerprint density at radius 2 is 2.16 bits per heavy atom. The Labute approximate surface area is 110 Å². The van der Waals surface area contributed by atoms with Gasteiger partial charge in [-0.1, -0.05) is 17.7 Å². The van der Waals surface area contributed by atoms with E-state index >= 15 is 0 Å². The number of nitrogens with one attached hydrogen (secondary N) is 1. The zero-order valence-corrected chi connectivity index (χ0v) is 11.0. The van der Waals surface area contributed by atoms with Gasteiger partial charge in [0.1, 0.15) is 5.75 Å². The molecule has 0 fully saturated rings. The van der Waals surface area contributed by atoms with Crippen LogP contribution in [-0.2, 0) is 11.3 Å². The van der Waals surface area contributed by atoms with E-state index in [1.54, 1.807) is 19.1 Å². The minimum absolute atomic E-state index is 0.127. The van der Waals surface area contributed by atoms with Crippen molar-refractivity contribution in [2.45, 2.75) is 39.5 Å². The number of alkyl halides is 2. The van der Waals surface area contributed by atoms with Crippen LogP contribution in [0.2, 0.25) is 0 Å². The number of nitrogens with two attached hydrogens (primary N) is 1. The van der Waals surface area contributed by atoms with Crippen LogP contribution < -0.4 is 15.8 Å². The molecule has 0 radical (unpaired) electrons. The summed E-state index contributed by atoms with van der Waals surface area (Å²) in [5, 5.41) is 3.05. The summed E-state index contributed by atoms with van der Waals surface area (Å²) in [6.07, 6.45) is 0.191. The maximum atomic E-state index is 12.3. The number of benzene rings is 1. The number of primary amides is 1. The lowest BCUT2D eigenvalue weighted by Gasteiger charge is -2.15. The zero-order chi connectivity index (χ0) is 14.4. The Kier molecular flexibility index (Phi) is 5.69. The van der Waals surface area contributed by atoms with E-state index in [9.17, 15) is 13.6 Å². The first-order valence-electron chi connectivity index (χ1n) is 5.94. The third-order valence-electron chi connectivity index (χ3n) is 2.58. The van der Waals surface area contributed by atoms with E-state index in [0.29, 0.717) is 12.1 Å². The van der Waals surface area contributed by atoms with Gasteiger partial charge in [-0.15, -0.1) is 0 Å². The molecule has 1 aromatic carbocycles. The van der Waals surface area contributed by atoms with E-state index in [2.05, 4.69) is 10.1 Å². The maximum absolute atomic E-state index is 12.3. The van der Waals surface area contributed by atoms with Crippen LogP contribution in [0, 0.1) is 6.92 Å². The van der Waals surface area contributed by atoms with Gasteiger partial charge >= 0.3 is 6.61 Å². The van der Waals surface area contributed by atoms with Gasteiger partial charge in [0, 0.05) is 24.6 Å². The van der Waals surface area contributed by atoms with E-state index in [1.165, 1.54) is 6.07 Å². The molecule has 19 heavy (non-hydrogen) atoms. The molecule has 106 valence electrons. The van der Waals surface area contributed by atoms with Gasteiger partial charge < -0.3 is 15.8 Å². The number of carbonyl (C=O) groups excluding carboxylic acids is 1. The van der Waals surface area contributed by atoms with Crippen molar-refractivity contribution < 1.29 is 18.3 Å². The van der Waals surface area contributed by atoms with Crippen molar-refractivity contribution in [1.29, 1.82) is 0 Å². The summed E-state index contributed by atoms with van der Waals surface area (Å²) in [7, 11) is 0. The van der Waals surface area contributed by atoms with Gasteiger partial charge in [-0.2, -0.15) is 8.78 Å². The first-order chi connectivity index (χ1) is 8.88. The summed E-state index contributed by atoms with van der Waals surface area (Å²) in [5.41, 5.74) is 6.65. The second kappa shape index (κ2) is 7.04. The molecule has 1 atom stereocenters. The minimum atomic E-state index is -2.86. The lowest BCUT2D eigenvalue weighted by atomic mass is 10.1. The van der Waals surface area contributed by atoms with Crippen LogP contribution in [0.4, 0.5) is 8.78 Å². The molecular weight excluding hydrogens is 254 g/mol. The molecule has 3 N–H and O–H groups in total. The number of hydrogen-bond acceptors (Lipinski definition) is 3. The molecule has 0 aliphatic carbocycles. The highest BCUT2D eigenvalue weighted by Gasteiger charge is 2.11. The third kappa shape index (κ3) is 5.65. The molecule has 6 heteroatoms. The fourth-order valence-corrected chi connectivity index (χ4v) is 1.72. The molecule has 0 aromatic heterocycles. The third-order valence-corrected chi connectivity index (χ3v) is 2.58. The smallest absolute Gasteiger partial charge is 0.387 e. The van der Waals surface area contributed by atoms with E-state index in [-0.39, 0.29) is 18.2 Å². The topological polar surface area (TPSA) is 64.3 Å². The predicted molar refractivity (Wildman–Crippen MR) is 67.9 cm³/mol. The standard InChI is InChI=1S/C13H18F2N2O2/c1-8-3-4-11(19-13(14)15)10(5-8)7-17-9(2)6-12(16)18/h3-5,9,13,17H,6-7H2,1-2H3,(H2,16,18)/t9-/m1/s1. The molecule has 0 saturated carbocycles. The van der Waals surface area contributed by atoms with E-state index in [0.717, 1.165) is 5.56 Å². The van der Waals surface area contributed by atoms with Gasteiger partial charge in [0.2, 0.25) is 5.91 Å². The predicted octanol–water partition coefficient (Wildman–Crippen LogP) is 1.95.